The summed E-state index contributed by atoms with van der Waals surface area (Å²) in [4.78, 5) is 21.6. The monoisotopic (exact) mass is 473 g/mol. The number of benzene rings is 1. The molecule has 150 valence electrons. The average Bonchev–Trinajstić information content (AvgIpc) is 2.87. The summed E-state index contributed by atoms with van der Waals surface area (Å²) >= 11 is 5.10. The van der Waals surface area contributed by atoms with Crippen LogP contribution in [0.3, 0.4) is 0 Å². The van der Waals surface area contributed by atoms with E-state index in [4.69, 9.17) is 4.74 Å². The summed E-state index contributed by atoms with van der Waals surface area (Å²) in [6.45, 7) is 5.76. The number of carbonyl (C=O) groups is 1. The molecule has 1 aliphatic heterocycles. The van der Waals surface area contributed by atoms with Crippen LogP contribution in [0.1, 0.15) is 33.5 Å². The van der Waals surface area contributed by atoms with Gasteiger partial charge in [0.15, 0.2) is 0 Å². The SMILES string of the molecule is COc1ccc(Br)cc1C1SCC(=O)Nc2c1c(C)nn2-c1nc(C)cc(C)n1. The molecule has 1 unspecified atom stereocenters. The van der Waals surface area contributed by atoms with Gasteiger partial charge in [0, 0.05) is 27.0 Å². The lowest BCUT2D eigenvalue weighted by molar-refractivity contribution is -0.113. The molecule has 9 heteroatoms. The van der Waals surface area contributed by atoms with Crippen molar-refractivity contribution in [1.82, 2.24) is 19.7 Å². The third-order valence-electron chi connectivity index (χ3n) is 4.64. The Bertz CT molecular complexity index is 1090. The minimum Gasteiger partial charge on any atom is -0.496 e. The van der Waals surface area contributed by atoms with Gasteiger partial charge < -0.3 is 10.1 Å². The highest BCUT2D eigenvalue weighted by Gasteiger charge is 2.32. The molecule has 0 fully saturated rings. The molecular formula is C20H20BrN5O2S. The Labute approximate surface area is 181 Å². The van der Waals surface area contributed by atoms with Crippen LogP contribution >= 0.6 is 27.7 Å². The first kappa shape index (κ1) is 19.9. The van der Waals surface area contributed by atoms with Gasteiger partial charge in [0.05, 0.1) is 23.8 Å². The number of amides is 1. The van der Waals surface area contributed by atoms with E-state index < -0.39 is 0 Å². The number of thioether (sulfide) groups is 1. The highest BCUT2D eigenvalue weighted by molar-refractivity contribution is 9.10. The number of rotatable bonds is 3. The van der Waals surface area contributed by atoms with E-state index in [1.807, 2.05) is 45.0 Å². The fourth-order valence-electron chi connectivity index (χ4n) is 3.49. The van der Waals surface area contributed by atoms with Crippen molar-refractivity contribution in [2.24, 2.45) is 0 Å². The molecule has 3 heterocycles. The molecular weight excluding hydrogens is 454 g/mol. The molecule has 0 spiro atoms. The summed E-state index contributed by atoms with van der Waals surface area (Å²) in [7, 11) is 1.65. The zero-order chi connectivity index (χ0) is 20.7. The van der Waals surface area contributed by atoms with E-state index in [2.05, 4.69) is 36.3 Å². The van der Waals surface area contributed by atoms with Gasteiger partial charge in [-0.1, -0.05) is 15.9 Å². The van der Waals surface area contributed by atoms with Crippen molar-refractivity contribution in [1.29, 1.82) is 0 Å². The molecule has 0 radical (unpaired) electrons. The molecule has 1 atom stereocenters. The van der Waals surface area contributed by atoms with Crippen molar-refractivity contribution in [3.8, 4) is 11.7 Å². The molecule has 0 aliphatic carbocycles. The molecule has 1 aliphatic rings. The van der Waals surface area contributed by atoms with Gasteiger partial charge in [-0.25, -0.2) is 9.97 Å². The Morgan fingerprint density at radius 1 is 1.21 bits per heavy atom. The summed E-state index contributed by atoms with van der Waals surface area (Å²) < 4.78 is 8.18. The second kappa shape index (κ2) is 7.79. The first-order chi connectivity index (χ1) is 13.9. The maximum atomic E-state index is 12.5. The number of hydrogen-bond acceptors (Lipinski definition) is 6. The number of nitrogens with one attached hydrogen (secondary N) is 1. The van der Waals surface area contributed by atoms with Gasteiger partial charge in [0.2, 0.25) is 5.91 Å². The Morgan fingerprint density at radius 3 is 2.62 bits per heavy atom. The van der Waals surface area contributed by atoms with E-state index in [1.165, 1.54) is 0 Å². The van der Waals surface area contributed by atoms with E-state index in [-0.39, 0.29) is 11.2 Å². The molecule has 4 rings (SSSR count). The van der Waals surface area contributed by atoms with Crippen molar-refractivity contribution in [3.63, 3.8) is 0 Å². The second-order valence-corrected chi connectivity index (χ2v) is 8.84. The zero-order valence-electron chi connectivity index (χ0n) is 16.5. The number of ether oxygens (including phenoxy) is 1. The van der Waals surface area contributed by atoms with Crippen LogP contribution < -0.4 is 10.1 Å². The number of aryl methyl sites for hydroxylation is 3. The van der Waals surface area contributed by atoms with E-state index in [1.54, 1.807) is 23.6 Å². The molecule has 0 bridgehead atoms. The van der Waals surface area contributed by atoms with Crippen LogP contribution in [0.15, 0.2) is 28.7 Å². The maximum Gasteiger partial charge on any atom is 0.252 e. The van der Waals surface area contributed by atoms with Crippen LogP contribution in [0.4, 0.5) is 5.82 Å². The highest BCUT2D eigenvalue weighted by atomic mass is 79.9. The summed E-state index contributed by atoms with van der Waals surface area (Å²) in [6.07, 6.45) is 0. The van der Waals surface area contributed by atoms with Gasteiger partial charge in [-0.2, -0.15) is 9.78 Å². The van der Waals surface area contributed by atoms with Gasteiger partial charge >= 0.3 is 0 Å². The Balaban J connectivity index is 1.94. The molecule has 7 nitrogen and oxygen atoms in total. The molecule has 3 aromatic rings. The number of anilines is 1. The molecule has 0 saturated heterocycles. The van der Waals surface area contributed by atoms with Crippen molar-refractivity contribution >= 4 is 39.4 Å². The summed E-state index contributed by atoms with van der Waals surface area (Å²) in [6, 6.07) is 7.79. The van der Waals surface area contributed by atoms with Crippen molar-refractivity contribution in [2.75, 3.05) is 18.2 Å². The van der Waals surface area contributed by atoms with Crippen molar-refractivity contribution in [2.45, 2.75) is 26.0 Å². The highest BCUT2D eigenvalue weighted by Crippen LogP contribution is 2.47. The molecule has 29 heavy (non-hydrogen) atoms. The van der Waals surface area contributed by atoms with Crippen LogP contribution in [0.5, 0.6) is 5.75 Å². The lowest BCUT2D eigenvalue weighted by Gasteiger charge is -2.18. The first-order valence-electron chi connectivity index (χ1n) is 9.04. The third kappa shape index (κ3) is 3.76. The first-order valence-corrected chi connectivity index (χ1v) is 10.9. The summed E-state index contributed by atoms with van der Waals surface area (Å²) in [5, 5.41) is 7.57. The lowest BCUT2D eigenvalue weighted by atomic mass is 10.0. The van der Waals surface area contributed by atoms with Crippen LogP contribution in [0.25, 0.3) is 5.95 Å². The Morgan fingerprint density at radius 2 is 1.93 bits per heavy atom. The maximum absolute atomic E-state index is 12.5. The number of halogens is 1. The number of fused-ring (bicyclic) bond motifs is 1. The number of carbonyl (C=O) groups excluding carboxylic acids is 1. The summed E-state index contributed by atoms with van der Waals surface area (Å²) in [5.74, 6) is 2.05. The fraction of sp³-hybridized carbons (Fsp3) is 0.300. The van der Waals surface area contributed by atoms with E-state index in [0.29, 0.717) is 17.5 Å². The number of methoxy groups -OCH3 is 1. The van der Waals surface area contributed by atoms with Crippen LogP contribution in [-0.4, -0.2) is 38.5 Å². The van der Waals surface area contributed by atoms with E-state index in [0.717, 1.165) is 38.4 Å². The fourth-order valence-corrected chi connectivity index (χ4v) is 5.07. The predicted octanol–water partition coefficient (Wildman–Crippen LogP) is 4.13. The van der Waals surface area contributed by atoms with Crippen LogP contribution in [-0.2, 0) is 4.79 Å². The van der Waals surface area contributed by atoms with Gasteiger partial charge in [0.1, 0.15) is 11.6 Å². The predicted molar refractivity (Wildman–Crippen MR) is 117 cm³/mol. The number of nitrogens with zero attached hydrogens (tertiary/aromatic N) is 4. The van der Waals surface area contributed by atoms with Gasteiger partial charge in [-0.3, -0.25) is 4.79 Å². The molecule has 1 N–H and O–H groups in total. The van der Waals surface area contributed by atoms with Crippen LogP contribution in [0.2, 0.25) is 0 Å². The smallest absolute Gasteiger partial charge is 0.252 e. The molecule has 0 saturated carbocycles. The third-order valence-corrected chi connectivity index (χ3v) is 6.39. The van der Waals surface area contributed by atoms with Gasteiger partial charge in [-0.05, 0) is 45.0 Å². The minimum absolute atomic E-state index is 0.0850. The van der Waals surface area contributed by atoms with Gasteiger partial charge in [0.25, 0.3) is 5.95 Å². The number of aromatic nitrogens is 4. The molecule has 1 aromatic carbocycles. The van der Waals surface area contributed by atoms with Gasteiger partial charge in [-0.15, -0.1) is 11.8 Å². The van der Waals surface area contributed by atoms with Crippen molar-refractivity contribution < 1.29 is 9.53 Å². The Kier molecular flexibility index (Phi) is 5.35. The van der Waals surface area contributed by atoms with E-state index >= 15 is 0 Å². The zero-order valence-corrected chi connectivity index (χ0v) is 18.9. The van der Waals surface area contributed by atoms with Crippen LogP contribution in [0, 0.1) is 20.8 Å². The summed E-state index contributed by atoms with van der Waals surface area (Å²) in [5.41, 5.74) is 4.40. The number of hydrogen-bond donors (Lipinski definition) is 1. The standard InChI is InChI=1S/C20H20BrN5O2S/c1-10-7-11(2)23-20(22-10)26-19-17(12(3)25-26)18(29-9-16(27)24-19)14-8-13(21)5-6-15(14)28-4/h5-8,18H,9H2,1-4H3,(H,24,27). The average molecular weight is 474 g/mol. The second-order valence-electron chi connectivity index (χ2n) is 6.84. The topological polar surface area (TPSA) is 81.9 Å². The Hall–Kier alpha value is -2.39. The lowest BCUT2D eigenvalue weighted by Crippen LogP contribution is -2.17. The van der Waals surface area contributed by atoms with Crippen molar-refractivity contribution in [3.05, 3.63) is 56.9 Å². The minimum atomic E-state index is -0.129. The largest absolute Gasteiger partial charge is 0.496 e. The quantitative estimate of drug-likeness (QED) is 0.615. The molecule has 2 aromatic heterocycles. The van der Waals surface area contributed by atoms with E-state index in [9.17, 15) is 4.79 Å². The normalized spacial score (nSPS) is 16.2. The molecule has 1 amide bonds.